The van der Waals surface area contributed by atoms with Crippen LogP contribution in [0.15, 0.2) is 47.9 Å². The molecule has 164 valence electrons. The van der Waals surface area contributed by atoms with Crippen LogP contribution in [0.5, 0.6) is 0 Å². The molecular formula is C20H19ClF3N5OS. The third kappa shape index (κ3) is 5.50. The van der Waals surface area contributed by atoms with Crippen LogP contribution in [0.3, 0.4) is 0 Å². The molecule has 31 heavy (non-hydrogen) atoms. The highest BCUT2D eigenvalue weighted by molar-refractivity contribution is 7.99. The van der Waals surface area contributed by atoms with Crippen LogP contribution < -0.4 is 10.2 Å². The summed E-state index contributed by atoms with van der Waals surface area (Å²) in [5.74, 6) is -0.537. The second-order valence-electron chi connectivity index (χ2n) is 6.88. The van der Waals surface area contributed by atoms with Crippen LogP contribution in [0.1, 0.15) is 11.1 Å². The van der Waals surface area contributed by atoms with E-state index in [0.717, 1.165) is 35.1 Å². The van der Waals surface area contributed by atoms with Gasteiger partial charge in [-0.25, -0.2) is 0 Å². The summed E-state index contributed by atoms with van der Waals surface area (Å²) >= 11 is 7.29. The number of halogens is 4. The summed E-state index contributed by atoms with van der Waals surface area (Å²) in [5, 5.41) is 11.5. The Hall–Kier alpha value is -2.72. The molecule has 0 atom stereocenters. The maximum absolute atomic E-state index is 13.1. The third-order valence-electron chi connectivity index (χ3n) is 4.36. The van der Waals surface area contributed by atoms with Crippen molar-refractivity contribution in [1.82, 2.24) is 14.8 Å². The third-order valence-corrected chi connectivity index (χ3v) is 5.71. The number of carbonyl (C=O) groups excluding carboxylic acids is 1. The zero-order valence-corrected chi connectivity index (χ0v) is 18.4. The number of nitrogens with one attached hydrogen (secondary N) is 1. The number of thioether (sulfide) groups is 1. The van der Waals surface area contributed by atoms with E-state index >= 15 is 0 Å². The largest absolute Gasteiger partial charge is 0.416 e. The van der Waals surface area contributed by atoms with E-state index in [4.69, 9.17) is 11.6 Å². The van der Waals surface area contributed by atoms with E-state index in [1.165, 1.54) is 12.4 Å². The van der Waals surface area contributed by atoms with Gasteiger partial charge in [-0.1, -0.05) is 29.4 Å². The molecule has 0 saturated carbocycles. The second kappa shape index (κ2) is 9.19. The Kier molecular flexibility index (Phi) is 6.80. The van der Waals surface area contributed by atoms with E-state index in [2.05, 4.69) is 15.5 Å². The lowest BCUT2D eigenvalue weighted by Gasteiger charge is -2.19. The lowest BCUT2D eigenvalue weighted by atomic mass is 10.1. The predicted molar refractivity (Wildman–Crippen MR) is 116 cm³/mol. The van der Waals surface area contributed by atoms with Crippen LogP contribution in [0.25, 0.3) is 5.69 Å². The van der Waals surface area contributed by atoms with Gasteiger partial charge in [0, 0.05) is 19.1 Å². The minimum absolute atomic E-state index is 0.0681. The van der Waals surface area contributed by atoms with Gasteiger partial charge in [-0.3, -0.25) is 9.36 Å². The molecule has 3 aromatic rings. The highest BCUT2D eigenvalue weighted by Gasteiger charge is 2.31. The lowest BCUT2D eigenvalue weighted by molar-refractivity contribution is -0.137. The molecule has 0 aliphatic heterocycles. The minimum atomic E-state index is -4.51. The molecule has 0 spiro atoms. The second-order valence-corrected chi connectivity index (χ2v) is 8.23. The number of aromatic nitrogens is 3. The van der Waals surface area contributed by atoms with Crippen molar-refractivity contribution in [3.05, 3.63) is 58.9 Å². The number of nitrogens with zero attached hydrogens (tertiary/aromatic N) is 4. The van der Waals surface area contributed by atoms with E-state index in [0.29, 0.717) is 15.9 Å². The Morgan fingerprint density at radius 3 is 2.61 bits per heavy atom. The fraction of sp³-hybridized carbons (Fsp3) is 0.250. The number of hydrogen-bond donors (Lipinski definition) is 1. The zero-order chi connectivity index (χ0) is 22.8. The van der Waals surface area contributed by atoms with Crippen molar-refractivity contribution in [3.8, 4) is 5.69 Å². The van der Waals surface area contributed by atoms with Crippen LogP contribution in [0.2, 0.25) is 5.02 Å². The SMILES string of the molecule is Cc1ccc(-n2cnnc2SCC(=O)Nc2cc(C(F)(F)F)ccc2N(C)C)cc1Cl. The summed E-state index contributed by atoms with van der Waals surface area (Å²) in [6, 6.07) is 8.69. The smallest absolute Gasteiger partial charge is 0.376 e. The van der Waals surface area contributed by atoms with Gasteiger partial charge in [-0.15, -0.1) is 10.2 Å². The van der Waals surface area contributed by atoms with Crippen molar-refractivity contribution in [3.63, 3.8) is 0 Å². The fourth-order valence-electron chi connectivity index (χ4n) is 2.75. The first-order valence-electron chi connectivity index (χ1n) is 9.04. The van der Waals surface area contributed by atoms with Gasteiger partial charge in [-0.05, 0) is 42.8 Å². The first-order chi connectivity index (χ1) is 14.6. The van der Waals surface area contributed by atoms with Gasteiger partial charge < -0.3 is 10.2 Å². The van der Waals surface area contributed by atoms with Crippen molar-refractivity contribution < 1.29 is 18.0 Å². The van der Waals surface area contributed by atoms with Gasteiger partial charge in [0.1, 0.15) is 6.33 Å². The highest BCUT2D eigenvalue weighted by Crippen LogP contribution is 2.35. The molecule has 0 aliphatic carbocycles. The van der Waals surface area contributed by atoms with E-state index in [1.807, 2.05) is 19.1 Å². The molecule has 0 aliphatic rings. The average Bonchev–Trinajstić information content (AvgIpc) is 3.16. The molecule has 0 bridgehead atoms. The fourth-order valence-corrected chi connectivity index (χ4v) is 3.65. The van der Waals surface area contributed by atoms with Crippen LogP contribution in [0, 0.1) is 6.92 Å². The standard InChI is InChI=1S/C20H19ClF3N5OS/c1-12-4-6-14(9-15(12)21)29-11-25-27-19(29)31-10-18(30)26-16-8-13(20(22,23)24)5-7-17(16)28(2)3/h4-9,11H,10H2,1-3H3,(H,26,30). The highest BCUT2D eigenvalue weighted by atomic mass is 35.5. The average molecular weight is 470 g/mol. The molecule has 0 fully saturated rings. The number of alkyl halides is 3. The minimum Gasteiger partial charge on any atom is -0.376 e. The van der Waals surface area contributed by atoms with Gasteiger partial charge in [0.2, 0.25) is 5.91 Å². The van der Waals surface area contributed by atoms with E-state index in [-0.39, 0.29) is 11.4 Å². The molecule has 0 radical (unpaired) electrons. The van der Waals surface area contributed by atoms with Crippen molar-refractivity contribution in [2.45, 2.75) is 18.3 Å². The molecule has 1 aromatic heterocycles. The Balaban J connectivity index is 1.74. The molecule has 1 heterocycles. The molecule has 1 amide bonds. The number of rotatable bonds is 6. The van der Waals surface area contributed by atoms with Crippen LogP contribution >= 0.6 is 23.4 Å². The van der Waals surface area contributed by atoms with Crippen molar-refractivity contribution >= 4 is 40.6 Å². The summed E-state index contributed by atoms with van der Waals surface area (Å²) in [6.07, 6.45) is -3.01. The molecule has 1 N–H and O–H groups in total. The summed E-state index contributed by atoms with van der Waals surface area (Å²) in [6.45, 7) is 1.88. The van der Waals surface area contributed by atoms with Gasteiger partial charge >= 0.3 is 6.18 Å². The molecule has 11 heteroatoms. The molecule has 0 saturated heterocycles. The van der Waals surface area contributed by atoms with E-state index in [9.17, 15) is 18.0 Å². The van der Waals surface area contributed by atoms with Crippen LogP contribution in [-0.2, 0) is 11.0 Å². The quantitative estimate of drug-likeness (QED) is 0.512. The monoisotopic (exact) mass is 469 g/mol. The number of anilines is 2. The van der Waals surface area contributed by atoms with Crippen molar-refractivity contribution in [1.29, 1.82) is 0 Å². The van der Waals surface area contributed by atoms with Crippen LogP contribution in [-0.4, -0.2) is 40.5 Å². The summed E-state index contributed by atoms with van der Waals surface area (Å²) < 4.78 is 40.9. The Morgan fingerprint density at radius 2 is 1.97 bits per heavy atom. The first-order valence-corrected chi connectivity index (χ1v) is 10.4. The van der Waals surface area contributed by atoms with Gasteiger partial charge in [-0.2, -0.15) is 13.2 Å². The number of benzene rings is 2. The number of hydrogen-bond acceptors (Lipinski definition) is 5. The van der Waals surface area contributed by atoms with E-state index < -0.39 is 17.6 Å². The summed E-state index contributed by atoms with van der Waals surface area (Å²) in [4.78, 5) is 14.1. The van der Waals surface area contributed by atoms with Crippen molar-refractivity contribution in [2.75, 3.05) is 30.1 Å². The summed E-state index contributed by atoms with van der Waals surface area (Å²) in [5.41, 5.74) is 1.36. The van der Waals surface area contributed by atoms with E-state index in [1.54, 1.807) is 29.6 Å². The number of carbonyl (C=O) groups is 1. The number of amides is 1. The molecule has 3 rings (SSSR count). The maximum Gasteiger partial charge on any atom is 0.416 e. The first kappa shape index (κ1) is 23.0. The predicted octanol–water partition coefficient (Wildman–Crippen LogP) is 5.04. The van der Waals surface area contributed by atoms with Crippen molar-refractivity contribution in [2.24, 2.45) is 0 Å². The Morgan fingerprint density at radius 1 is 1.23 bits per heavy atom. The molecule has 2 aromatic carbocycles. The lowest BCUT2D eigenvalue weighted by Crippen LogP contribution is -2.19. The van der Waals surface area contributed by atoms with Gasteiger partial charge in [0.15, 0.2) is 5.16 Å². The molecule has 6 nitrogen and oxygen atoms in total. The normalized spacial score (nSPS) is 11.5. The van der Waals surface area contributed by atoms with Crippen LogP contribution in [0.4, 0.5) is 24.5 Å². The zero-order valence-electron chi connectivity index (χ0n) is 16.9. The molecular weight excluding hydrogens is 451 g/mol. The number of aryl methyl sites for hydroxylation is 1. The Bertz CT molecular complexity index is 1100. The Labute approximate surface area is 186 Å². The van der Waals surface area contributed by atoms with Gasteiger partial charge in [0.25, 0.3) is 0 Å². The summed E-state index contributed by atoms with van der Waals surface area (Å²) in [7, 11) is 3.37. The maximum atomic E-state index is 13.1. The molecule has 0 unspecified atom stereocenters. The van der Waals surface area contributed by atoms with Gasteiger partial charge in [0.05, 0.1) is 28.4 Å². The topological polar surface area (TPSA) is 63.1 Å².